The fourth-order valence-corrected chi connectivity index (χ4v) is 4.72. The molecule has 1 heterocycles. The van der Waals surface area contributed by atoms with Crippen LogP contribution in [-0.2, 0) is 17.8 Å². The lowest BCUT2D eigenvalue weighted by Gasteiger charge is -2.10. The number of nitrogens with zero attached hydrogens (tertiary/aromatic N) is 1. The summed E-state index contributed by atoms with van der Waals surface area (Å²) in [5.41, 5.74) is 4.49. The van der Waals surface area contributed by atoms with Gasteiger partial charge in [0.05, 0.1) is 7.11 Å². The summed E-state index contributed by atoms with van der Waals surface area (Å²) in [6.07, 6.45) is 0.618. The molecule has 3 aromatic carbocycles. The molecule has 4 rings (SSSR count). The van der Waals surface area contributed by atoms with Crippen molar-refractivity contribution >= 4 is 28.6 Å². The summed E-state index contributed by atoms with van der Waals surface area (Å²) in [4.78, 5) is 13.6. The molecular formula is C26H25NO3S. The number of carbonyl (C=O) groups is 1. The summed E-state index contributed by atoms with van der Waals surface area (Å²) >= 11 is 1.75. The highest BCUT2D eigenvalue weighted by Crippen LogP contribution is 2.32. The number of aryl methyl sites for hydroxylation is 1. The number of benzene rings is 3. The summed E-state index contributed by atoms with van der Waals surface area (Å²) in [6, 6.07) is 25.0. The number of carboxylic acid groups (broad SMARTS) is 1. The first-order valence-electron chi connectivity index (χ1n) is 10.2. The molecule has 0 radical (unpaired) electrons. The molecule has 0 fully saturated rings. The Hall–Kier alpha value is -3.18. The third-order valence-electron chi connectivity index (χ3n) is 5.49. The summed E-state index contributed by atoms with van der Waals surface area (Å²) in [5.74, 6) is -0.00165. The minimum Gasteiger partial charge on any atom is -0.497 e. The highest BCUT2D eigenvalue weighted by atomic mass is 32.2. The molecule has 0 spiro atoms. The number of fused-ring (bicyclic) bond motifs is 1. The van der Waals surface area contributed by atoms with E-state index >= 15 is 0 Å². The van der Waals surface area contributed by atoms with Crippen LogP contribution >= 0.6 is 11.8 Å². The molecule has 0 unspecified atom stereocenters. The molecule has 31 heavy (non-hydrogen) atoms. The minimum absolute atomic E-state index is 0.114. The van der Waals surface area contributed by atoms with Gasteiger partial charge in [-0.25, -0.2) is 0 Å². The van der Waals surface area contributed by atoms with Gasteiger partial charge in [0, 0.05) is 39.4 Å². The van der Waals surface area contributed by atoms with Gasteiger partial charge in [-0.15, -0.1) is 0 Å². The molecule has 4 nitrogen and oxygen atoms in total. The van der Waals surface area contributed by atoms with Crippen molar-refractivity contribution in [2.75, 3.05) is 7.11 Å². The number of aromatic nitrogens is 1. The Morgan fingerprint density at radius 2 is 1.71 bits per heavy atom. The standard InChI is InChI=1S/C26H25NO3S/c1-18-23(13-15-26(28)29)24-16-20(30-2)10-14-25(24)27(18)17-19-8-11-22(12-9-19)31-21-6-4-3-5-7-21/h3-12,14,16H,13,15,17H2,1-2H3,(H,28,29). The lowest BCUT2D eigenvalue weighted by Crippen LogP contribution is -2.03. The van der Waals surface area contributed by atoms with E-state index in [4.69, 9.17) is 4.74 Å². The van der Waals surface area contributed by atoms with Crippen molar-refractivity contribution in [1.29, 1.82) is 0 Å². The second-order valence-electron chi connectivity index (χ2n) is 7.49. The van der Waals surface area contributed by atoms with E-state index in [2.05, 4.69) is 54.0 Å². The zero-order valence-electron chi connectivity index (χ0n) is 17.7. The van der Waals surface area contributed by atoms with Crippen molar-refractivity contribution in [1.82, 2.24) is 4.57 Å². The predicted octanol–water partition coefficient (Wildman–Crippen LogP) is 6.18. The first-order valence-corrected chi connectivity index (χ1v) is 11.1. The molecule has 1 aromatic heterocycles. The fourth-order valence-electron chi connectivity index (χ4n) is 3.88. The maximum Gasteiger partial charge on any atom is 0.303 e. The second kappa shape index (κ2) is 9.31. The maximum atomic E-state index is 11.2. The van der Waals surface area contributed by atoms with Crippen LogP contribution in [0.25, 0.3) is 10.9 Å². The van der Waals surface area contributed by atoms with E-state index in [9.17, 15) is 9.90 Å². The first-order chi connectivity index (χ1) is 15.0. The van der Waals surface area contributed by atoms with Crippen LogP contribution in [0.5, 0.6) is 5.75 Å². The monoisotopic (exact) mass is 431 g/mol. The Labute approximate surface area is 186 Å². The number of aliphatic carboxylic acids is 1. The first kappa shape index (κ1) is 21.1. The van der Waals surface area contributed by atoms with E-state index in [-0.39, 0.29) is 6.42 Å². The number of hydrogen-bond donors (Lipinski definition) is 1. The summed E-state index contributed by atoms with van der Waals surface area (Å²) < 4.78 is 7.67. The Morgan fingerprint density at radius 3 is 2.39 bits per heavy atom. The number of rotatable bonds is 8. The highest BCUT2D eigenvalue weighted by Gasteiger charge is 2.16. The third kappa shape index (κ3) is 4.78. The zero-order chi connectivity index (χ0) is 21.8. The quantitative estimate of drug-likeness (QED) is 0.362. The molecule has 5 heteroatoms. The van der Waals surface area contributed by atoms with Crippen LogP contribution in [0.2, 0.25) is 0 Å². The Kier molecular flexibility index (Phi) is 6.33. The van der Waals surface area contributed by atoms with Gasteiger partial charge in [-0.05, 0) is 66.9 Å². The van der Waals surface area contributed by atoms with E-state index < -0.39 is 5.97 Å². The van der Waals surface area contributed by atoms with Gasteiger partial charge in [0.15, 0.2) is 0 Å². The Bertz CT molecular complexity index is 1200. The average Bonchev–Trinajstić information content (AvgIpc) is 3.04. The van der Waals surface area contributed by atoms with Crippen molar-refractivity contribution in [3.8, 4) is 5.75 Å². The predicted molar refractivity (Wildman–Crippen MR) is 125 cm³/mol. The van der Waals surface area contributed by atoms with E-state index in [0.717, 1.165) is 34.5 Å². The Morgan fingerprint density at radius 1 is 1.00 bits per heavy atom. The van der Waals surface area contributed by atoms with Gasteiger partial charge in [-0.3, -0.25) is 4.79 Å². The van der Waals surface area contributed by atoms with E-state index in [0.29, 0.717) is 6.42 Å². The molecule has 4 aromatic rings. The van der Waals surface area contributed by atoms with E-state index in [1.807, 2.05) is 30.3 Å². The fraction of sp³-hybridized carbons (Fsp3) is 0.192. The minimum atomic E-state index is -0.783. The highest BCUT2D eigenvalue weighted by molar-refractivity contribution is 7.99. The molecule has 0 aliphatic rings. The molecule has 0 saturated carbocycles. The topological polar surface area (TPSA) is 51.5 Å². The summed E-state index contributed by atoms with van der Waals surface area (Å²) in [5, 5.41) is 10.2. The van der Waals surface area contributed by atoms with Gasteiger partial charge in [-0.1, -0.05) is 42.1 Å². The van der Waals surface area contributed by atoms with Crippen LogP contribution in [0.3, 0.4) is 0 Å². The molecule has 0 aliphatic heterocycles. The SMILES string of the molecule is COc1ccc2c(c1)c(CCC(=O)O)c(C)n2Cc1ccc(Sc2ccccc2)cc1. The molecular weight excluding hydrogens is 406 g/mol. The zero-order valence-corrected chi connectivity index (χ0v) is 18.5. The molecule has 0 saturated heterocycles. The van der Waals surface area contributed by atoms with Crippen LogP contribution in [-0.4, -0.2) is 22.8 Å². The van der Waals surface area contributed by atoms with Crippen molar-refractivity contribution in [2.24, 2.45) is 0 Å². The average molecular weight is 432 g/mol. The summed E-state index contributed by atoms with van der Waals surface area (Å²) in [7, 11) is 1.65. The second-order valence-corrected chi connectivity index (χ2v) is 8.63. The number of methoxy groups -OCH3 is 1. The molecule has 158 valence electrons. The van der Waals surface area contributed by atoms with Gasteiger partial charge < -0.3 is 14.4 Å². The number of hydrogen-bond acceptors (Lipinski definition) is 3. The molecule has 0 bridgehead atoms. The van der Waals surface area contributed by atoms with Gasteiger partial charge in [0.25, 0.3) is 0 Å². The largest absolute Gasteiger partial charge is 0.497 e. The van der Waals surface area contributed by atoms with Gasteiger partial charge in [0.2, 0.25) is 0 Å². The summed E-state index contributed by atoms with van der Waals surface area (Å²) in [6.45, 7) is 2.81. The van der Waals surface area contributed by atoms with Gasteiger partial charge >= 0.3 is 5.97 Å². The number of ether oxygens (including phenoxy) is 1. The van der Waals surface area contributed by atoms with Crippen molar-refractivity contribution in [2.45, 2.75) is 36.1 Å². The number of carboxylic acids is 1. The molecule has 0 aliphatic carbocycles. The van der Waals surface area contributed by atoms with Crippen LogP contribution in [0.15, 0.2) is 82.6 Å². The lowest BCUT2D eigenvalue weighted by molar-refractivity contribution is -0.136. The van der Waals surface area contributed by atoms with Crippen LogP contribution < -0.4 is 4.74 Å². The third-order valence-corrected chi connectivity index (χ3v) is 6.51. The normalized spacial score (nSPS) is 11.0. The van der Waals surface area contributed by atoms with Crippen molar-refractivity contribution in [3.63, 3.8) is 0 Å². The molecule has 0 amide bonds. The van der Waals surface area contributed by atoms with E-state index in [1.165, 1.54) is 15.4 Å². The van der Waals surface area contributed by atoms with Crippen LogP contribution in [0, 0.1) is 6.92 Å². The van der Waals surface area contributed by atoms with Crippen molar-refractivity contribution in [3.05, 3.63) is 89.6 Å². The van der Waals surface area contributed by atoms with Gasteiger partial charge in [-0.2, -0.15) is 0 Å². The molecule has 0 atom stereocenters. The van der Waals surface area contributed by atoms with E-state index in [1.54, 1.807) is 18.9 Å². The lowest BCUT2D eigenvalue weighted by atomic mass is 10.1. The van der Waals surface area contributed by atoms with Crippen molar-refractivity contribution < 1.29 is 14.6 Å². The maximum absolute atomic E-state index is 11.2. The smallest absolute Gasteiger partial charge is 0.303 e. The van der Waals surface area contributed by atoms with Gasteiger partial charge in [0.1, 0.15) is 5.75 Å². The van der Waals surface area contributed by atoms with Crippen LogP contribution in [0.4, 0.5) is 0 Å². The Balaban J connectivity index is 1.63. The molecule has 1 N–H and O–H groups in total. The van der Waals surface area contributed by atoms with Crippen LogP contribution in [0.1, 0.15) is 23.2 Å².